The molecule has 0 aromatic heterocycles. The second-order valence-electron chi connectivity index (χ2n) is 11.5. The number of imide groups is 1. The van der Waals surface area contributed by atoms with E-state index in [0.29, 0.717) is 40.2 Å². The normalized spacial score (nSPS) is 16.6. The van der Waals surface area contributed by atoms with E-state index in [0.717, 1.165) is 12.6 Å². The second-order valence-corrected chi connectivity index (χ2v) is 11.5. The first-order valence-electron chi connectivity index (χ1n) is 16.1. The number of hydrazine groups is 1. The summed E-state index contributed by atoms with van der Waals surface area (Å²) in [4.78, 5) is 79.1. The summed E-state index contributed by atoms with van der Waals surface area (Å²) in [5.74, 6) is -4.83. The zero-order valence-electron chi connectivity index (χ0n) is 28.4. The van der Waals surface area contributed by atoms with Crippen molar-refractivity contribution in [3.8, 4) is 0 Å². The molecule has 47 heavy (non-hydrogen) atoms. The van der Waals surface area contributed by atoms with Crippen LogP contribution in [0.15, 0.2) is 60.7 Å². The number of epoxide rings is 1. The monoisotopic (exact) mass is 654 g/mol. The number of nitrogens with zero attached hydrogens (tertiary/aromatic N) is 2. The number of ether oxygens (including phenoxy) is 3. The third-order valence-electron chi connectivity index (χ3n) is 7.31. The molecule has 3 rings (SSSR count). The molecule has 0 saturated carbocycles. The van der Waals surface area contributed by atoms with Crippen molar-refractivity contribution >= 4 is 35.7 Å². The van der Waals surface area contributed by atoms with E-state index in [1.165, 1.54) is 6.92 Å². The number of rotatable bonds is 15. The molecule has 1 saturated heterocycles. The van der Waals surface area contributed by atoms with Gasteiger partial charge in [-0.2, -0.15) is 5.01 Å². The maximum atomic E-state index is 13.8. The zero-order valence-corrected chi connectivity index (χ0v) is 27.4. The smallest absolute Gasteiger partial charge is 0.429 e. The van der Waals surface area contributed by atoms with E-state index in [1.807, 2.05) is 37.3 Å². The summed E-state index contributed by atoms with van der Waals surface area (Å²) in [6, 6.07) is 15.4. The van der Waals surface area contributed by atoms with Gasteiger partial charge in [-0.3, -0.25) is 19.2 Å². The fourth-order valence-electron chi connectivity index (χ4n) is 4.46. The molecule has 1 aliphatic rings. The minimum absolute atomic E-state index is 0.0168. The van der Waals surface area contributed by atoms with Gasteiger partial charge in [0.15, 0.2) is 13.6 Å². The lowest BCUT2D eigenvalue weighted by molar-refractivity contribution is -0.162. The Morgan fingerprint density at radius 2 is 1.53 bits per heavy atom. The van der Waals surface area contributed by atoms with Crippen molar-refractivity contribution < 1.29 is 44.4 Å². The van der Waals surface area contributed by atoms with Gasteiger partial charge in [0, 0.05) is 13.5 Å². The predicted molar refractivity (Wildman–Crippen MR) is 170 cm³/mol. The second kappa shape index (κ2) is 17.8. The van der Waals surface area contributed by atoms with Crippen LogP contribution in [0.3, 0.4) is 0 Å². The van der Waals surface area contributed by atoms with E-state index in [-0.39, 0.29) is 19.6 Å². The molecular formula is C34H44N4O9. The Morgan fingerprint density at radius 3 is 2.13 bits per heavy atom. The van der Waals surface area contributed by atoms with Gasteiger partial charge >= 0.3 is 12.1 Å². The average molecular weight is 655 g/mol. The van der Waals surface area contributed by atoms with Crippen LogP contribution in [0.25, 0.3) is 0 Å². The predicted octanol–water partition coefficient (Wildman–Crippen LogP) is 2.91. The number of benzene rings is 2. The van der Waals surface area contributed by atoms with Crippen LogP contribution >= 0.6 is 0 Å². The lowest BCUT2D eigenvalue weighted by atomic mass is 10.0. The first-order valence-corrected chi connectivity index (χ1v) is 15.7. The molecule has 0 radical (unpaired) electrons. The van der Waals surface area contributed by atoms with Crippen molar-refractivity contribution in [1.82, 2.24) is 20.6 Å². The van der Waals surface area contributed by atoms with E-state index < -0.39 is 65.9 Å². The van der Waals surface area contributed by atoms with Crippen molar-refractivity contribution in [2.24, 2.45) is 5.92 Å². The van der Waals surface area contributed by atoms with E-state index in [9.17, 15) is 28.8 Å². The number of nitrogens with one attached hydrogen (secondary N) is 2. The van der Waals surface area contributed by atoms with Crippen LogP contribution in [0, 0.1) is 5.92 Å². The van der Waals surface area contributed by atoms with Gasteiger partial charge in [-0.15, -0.1) is 0 Å². The minimum atomic E-state index is -1.61. The molecule has 2 aromatic carbocycles. The molecule has 0 spiro atoms. The average Bonchev–Trinajstić information content (AvgIpc) is 3.90. The largest absolute Gasteiger partial charge is 0.459 e. The number of hydrogen-bond donors (Lipinski definition) is 2. The Bertz CT molecular complexity index is 1430. The SMILES string of the molecule is [3H]N(C(=O)[C@@H](NC(=O)CCc1ccccc1)C(C)C)[C@@H](C)C(=O)N(C(=O)[C@H]1O[C@@H]1C(=O)OCc1ccccc1)N(C)C(=O)OCCCC. The van der Waals surface area contributed by atoms with Crippen molar-refractivity contribution in [2.75, 3.05) is 13.7 Å². The van der Waals surface area contributed by atoms with Gasteiger partial charge in [-0.05, 0) is 36.8 Å². The minimum Gasteiger partial charge on any atom is -0.459 e. The molecule has 0 aliphatic carbocycles. The zero-order chi connectivity index (χ0) is 35.4. The topological polar surface area (TPSA) is 164 Å². The van der Waals surface area contributed by atoms with Crippen LogP contribution in [0.2, 0.25) is 1.41 Å². The molecule has 1 heterocycles. The summed E-state index contributed by atoms with van der Waals surface area (Å²) >= 11 is 0. The summed E-state index contributed by atoms with van der Waals surface area (Å²) < 4.78 is 24.2. The van der Waals surface area contributed by atoms with Crippen molar-refractivity contribution in [3.05, 3.63) is 71.8 Å². The van der Waals surface area contributed by atoms with Crippen molar-refractivity contribution in [3.63, 3.8) is 0 Å². The molecule has 2 N–H and O–H groups in total. The fraction of sp³-hybridized carbons (Fsp3) is 0.471. The summed E-state index contributed by atoms with van der Waals surface area (Å²) in [7, 11) is 1.11. The van der Waals surface area contributed by atoms with Gasteiger partial charge in [0.1, 0.15) is 18.7 Å². The number of carbonyl (C=O) groups is 6. The van der Waals surface area contributed by atoms with Crippen LogP contribution in [0.1, 0.15) is 58.1 Å². The number of esters is 1. The van der Waals surface area contributed by atoms with Crippen LogP contribution < -0.4 is 10.6 Å². The number of aryl methyl sites for hydroxylation is 1. The molecule has 254 valence electrons. The third-order valence-corrected chi connectivity index (χ3v) is 7.31. The Balaban J connectivity index is 1.72. The highest BCUT2D eigenvalue weighted by Crippen LogP contribution is 2.27. The fourth-order valence-corrected chi connectivity index (χ4v) is 4.46. The number of unbranched alkanes of at least 4 members (excludes halogenated alkanes) is 1. The lowest BCUT2D eigenvalue weighted by Crippen LogP contribution is -2.60. The van der Waals surface area contributed by atoms with Crippen molar-refractivity contribution in [1.29, 1.82) is 0 Å². The van der Waals surface area contributed by atoms with Crippen LogP contribution in [0.5, 0.6) is 0 Å². The molecule has 4 atom stereocenters. The summed E-state index contributed by atoms with van der Waals surface area (Å²) in [6.45, 7) is 6.39. The van der Waals surface area contributed by atoms with Gasteiger partial charge in [-0.25, -0.2) is 14.6 Å². The molecule has 2 aromatic rings. The van der Waals surface area contributed by atoms with Gasteiger partial charge in [0.05, 0.1) is 6.61 Å². The third kappa shape index (κ3) is 10.9. The highest BCUT2D eigenvalue weighted by Gasteiger charge is 2.55. The Labute approximate surface area is 276 Å². The molecule has 0 unspecified atom stereocenters. The maximum Gasteiger partial charge on any atom is 0.429 e. The number of hydrogen-bond acceptors (Lipinski definition) is 9. The first kappa shape index (κ1) is 35.1. The molecule has 5 amide bonds. The lowest BCUT2D eigenvalue weighted by Gasteiger charge is -2.31. The Kier molecular flexibility index (Phi) is 13.3. The molecule has 1 aliphatic heterocycles. The van der Waals surface area contributed by atoms with Gasteiger partial charge in [0.25, 0.3) is 11.8 Å². The standard InChI is InChI=1S/C34H44N4O9/c1-6-7-20-45-34(44)37(5)38(32(42)28-29(47-28)33(43)46-21-25-16-12-9-13-17-25)31(41)23(4)35-30(40)27(22(2)3)36-26(39)19-18-24-14-10-8-11-15-24/h8-17,22-23,27-29H,6-7,18-21H2,1-5H3,(H,35,40)(H,36,39)/t23-,27-,28-,29-/m0/s1/i/hT. The van der Waals surface area contributed by atoms with Gasteiger partial charge in [-0.1, -0.05) is 87.9 Å². The number of amides is 5. The molecule has 1 fully saturated rings. The highest BCUT2D eigenvalue weighted by molar-refractivity contribution is 6.05. The first-order chi connectivity index (χ1) is 22.9. The molecular weight excluding hydrogens is 608 g/mol. The molecule has 0 bridgehead atoms. The van der Waals surface area contributed by atoms with Gasteiger partial charge in [0.2, 0.25) is 11.8 Å². The van der Waals surface area contributed by atoms with Crippen molar-refractivity contribution in [2.45, 2.75) is 84.3 Å². The van der Waals surface area contributed by atoms with Crippen LogP contribution in [0.4, 0.5) is 4.79 Å². The van der Waals surface area contributed by atoms with E-state index in [4.69, 9.17) is 15.6 Å². The molecule has 13 heteroatoms. The van der Waals surface area contributed by atoms with Crippen LogP contribution in [-0.2, 0) is 51.2 Å². The Hall–Kier alpha value is -4.78. The quantitative estimate of drug-likeness (QED) is 0.127. The van der Waals surface area contributed by atoms with Gasteiger partial charge < -0.3 is 24.8 Å². The maximum absolute atomic E-state index is 13.8. The summed E-state index contributed by atoms with van der Waals surface area (Å²) in [6.07, 6.45) is -2.06. The van der Waals surface area contributed by atoms with E-state index in [2.05, 4.69) is 5.32 Å². The number of carbonyl (C=O) groups excluding carboxylic acids is 6. The van der Waals surface area contributed by atoms with E-state index in [1.54, 1.807) is 44.2 Å². The highest BCUT2D eigenvalue weighted by atomic mass is 16.6. The molecule has 13 nitrogen and oxygen atoms in total. The summed E-state index contributed by atoms with van der Waals surface area (Å²) in [5, 5.41) is 4.04. The Morgan fingerprint density at radius 1 is 0.915 bits per heavy atom. The van der Waals surface area contributed by atoms with E-state index >= 15 is 0 Å². The summed E-state index contributed by atoms with van der Waals surface area (Å²) in [5.41, 5.74) is 1.65. The van der Waals surface area contributed by atoms with Crippen LogP contribution in [-0.4, -0.2) is 83.7 Å².